The van der Waals surface area contributed by atoms with E-state index in [1.165, 1.54) is 6.42 Å². The summed E-state index contributed by atoms with van der Waals surface area (Å²) in [6.07, 6.45) is 5.94. The van der Waals surface area contributed by atoms with Gasteiger partial charge in [-0.25, -0.2) is 0 Å². The maximum Gasteiger partial charge on any atom is 0.260 e. The fraction of sp³-hybridized carbons (Fsp3) is 0.579. The van der Waals surface area contributed by atoms with Gasteiger partial charge in [0, 0.05) is 31.2 Å². The van der Waals surface area contributed by atoms with Gasteiger partial charge in [-0.05, 0) is 56.4 Å². The van der Waals surface area contributed by atoms with Crippen LogP contribution in [0.1, 0.15) is 45.4 Å². The Morgan fingerprint density at radius 3 is 2.62 bits per heavy atom. The highest BCUT2D eigenvalue weighted by Crippen LogP contribution is 2.24. The van der Waals surface area contributed by atoms with Crippen LogP contribution in [0.15, 0.2) is 24.3 Å². The Hall–Kier alpha value is -2.04. The minimum absolute atomic E-state index is 0.0698. The summed E-state index contributed by atoms with van der Waals surface area (Å²) in [5.74, 6) is 0.915. The number of benzene rings is 1. The molecule has 3 rings (SSSR count). The second-order valence-corrected chi connectivity index (χ2v) is 6.58. The molecule has 5 heteroatoms. The van der Waals surface area contributed by atoms with Crippen LogP contribution in [0.4, 0.5) is 5.69 Å². The molecule has 0 radical (unpaired) electrons. The number of amides is 2. The number of likely N-dealkylation sites (tertiary alicyclic amines) is 1. The molecular weight excluding hydrogens is 304 g/mol. The van der Waals surface area contributed by atoms with Crippen molar-refractivity contribution in [1.29, 1.82) is 0 Å². The molecule has 2 heterocycles. The average Bonchev–Trinajstić information content (AvgIpc) is 3.06. The van der Waals surface area contributed by atoms with E-state index in [2.05, 4.69) is 6.92 Å². The maximum absolute atomic E-state index is 12.4. The number of anilines is 1. The van der Waals surface area contributed by atoms with Crippen LogP contribution in [-0.4, -0.2) is 42.5 Å². The number of ether oxygens (including phenoxy) is 1. The van der Waals surface area contributed by atoms with Gasteiger partial charge in [-0.3, -0.25) is 9.59 Å². The molecule has 0 aromatic heterocycles. The fourth-order valence-electron chi connectivity index (χ4n) is 3.62. The van der Waals surface area contributed by atoms with Gasteiger partial charge in [0.1, 0.15) is 5.75 Å². The van der Waals surface area contributed by atoms with Crippen molar-refractivity contribution >= 4 is 17.5 Å². The standard InChI is InChI=1S/C19H26N2O3/c1-2-15-6-3-4-12-20(15)19(23)14-24-17-10-8-16(9-11-17)21-13-5-7-18(21)22/h8-11,15H,2-7,12-14H2,1H3. The van der Waals surface area contributed by atoms with Crippen LogP contribution >= 0.6 is 0 Å². The van der Waals surface area contributed by atoms with Gasteiger partial charge in [0.25, 0.3) is 5.91 Å². The zero-order valence-corrected chi connectivity index (χ0v) is 14.4. The Morgan fingerprint density at radius 2 is 1.96 bits per heavy atom. The molecule has 24 heavy (non-hydrogen) atoms. The third kappa shape index (κ3) is 3.71. The van der Waals surface area contributed by atoms with Crippen molar-refractivity contribution in [2.75, 3.05) is 24.6 Å². The van der Waals surface area contributed by atoms with Crippen LogP contribution in [0.5, 0.6) is 5.75 Å². The van der Waals surface area contributed by atoms with Crippen molar-refractivity contribution < 1.29 is 14.3 Å². The molecule has 2 amide bonds. The van der Waals surface area contributed by atoms with Gasteiger partial charge >= 0.3 is 0 Å². The molecule has 5 nitrogen and oxygen atoms in total. The zero-order chi connectivity index (χ0) is 16.9. The first-order valence-corrected chi connectivity index (χ1v) is 9.01. The lowest BCUT2D eigenvalue weighted by Crippen LogP contribution is -2.45. The number of hydrogen-bond acceptors (Lipinski definition) is 3. The van der Waals surface area contributed by atoms with Crippen LogP contribution in [0.3, 0.4) is 0 Å². The normalized spacial score (nSPS) is 21.2. The average molecular weight is 330 g/mol. The van der Waals surface area contributed by atoms with Gasteiger partial charge in [0.05, 0.1) is 0 Å². The van der Waals surface area contributed by atoms with Crippen molar-refractivity contribution in [3.63, 3.8) is 0 Å². The van der Waals surface area contributed by atoms with E-state index in [4.69, 9.17) is 4.74 Å². The predicted molar refractivity (Wildman–Crippen MR) is 93.2 cm³/mol. The monoisotopic (exact) mass is 330 g/mol. The van der Waals surface area contributed by atoms with Crippen LogP contribution in [0.25, 0.3) is 0 Å². The lowest BCUT2D eigenvalue weighted by Gasteiger charge is -2.35. The number of nitrogens with zero attached hydrogens (tertiary/aromatic N) is 2. The fourth-order valence-corrected chi connectivity index (χ4v) is 3.62. The Labute approximate surface area is 143 Å². The molecule has 2 aliphatic heterocycles. The largest absolute Gasteiger partial charge is 0.484 e. The molecule has 0 spiro atoms. The highest BCUT2D eigenvalue weighted by molar-refractivity contribution is 5.95. The summed E-state index contributed by atoms with van der Waals surface area (Å²) in [5, 5.41) is 0. The van der Waals surface area contributed by atoms with E-state index in [9.17, 15) is 9.59 Å². The first kappa shape index (κ1) is 16.8. The van der Waals surface area contributed by atoms with Crippen molar-refractivity contribution in [3.05, 3.63) is 24.3 Å². The summed E-state index contributed by atoms with van der Waals surface area (Å²) < 4.78 is 5.66. The number of carbonyl (C=O) groups is 2. The molecule has 2 saturated heterocycles. The van der Waals surface area contributed by atoms with Gasteiger partial charge in [0.2, 0.25) is 5.91 Å². The predicted octanol–water partition coefficient (Wildman–Crippen LogP) is 2.98. The van der Waals surface area contributed by atoms with E-state index in [0.29, 0.717) is 18.2 Å². The Kier molecular flexibility index (Phi) is 5.38. The van der Waals surface area contributed by atoms with Gasteiger partial charge in [-0.1, -0.05) is 6.92 Å². The molecule has 0 bridgehead atoms. The second kappa shape index (κ2) is 7.69. The van der Waals surface area contributed by atoms with E-state index in [0.717, 1.165) is 44.5 Å². The van der Waals surface area contributed by atoms with Crippen LogP contribution < -0.4 is 9.64 Å². The van der Waals surface area contributed by atoms with Crippen LogP contribution in [0, 0.1) is 0 Å². The number of piperidine rings is 1. The van der Waals surface area contributed by atoms with Gasteiger partial charge < -0.3 is 14.5 Å². The minimum Gasteiger partial charge on any atom is -0.484 e. The first-order chi connectivity index (χ1) is 11.7. The Balaban J connectivity index is 1.54. The third-order valence-electron chi connectivity index (χ3n) is 5.00. The van der Waals surface area contributed by atoms with E-state index < -0.39 is 0 Å². The lowest BCUT2D eigenvalue weighted by atomic mass is 10.00. The molecule has 1 aromatic carbocycles. The summed E-state index contributed by atoms with van der Waals surface area (Å²) in [5.41, 5.74) is 0.901. The third-order valence-corrected chi connectivity index (χ3v) is 5.00. The second-order valence-electron chi connectivity index (χ2n) is 6.58. The lowest BCUT2D eigenvalue weighted by molar-refractivity contribution is -0.137. The van der Waals surface area contributed by atoms with Crippen molar-refractivity contribution in [2.24, 2.45) is 0 Å². The molecule has 130 valence electrons. The smallest absolute Gasteiger partial charge is 0.260 e. The van der Waals surface area contributed by atoms with E-state index >= 15 is 0 Å². The Bertz CT molecular complexity index is 585. The van der Waals surface area contributed by atoms with Gasteiger partial charge in [0.15, 0.2) is 6.61 Å². The van der Waals surface area contributed by atoms with Crippen molar-refractivity contribution in [1.82, 2.24) is 4.90 Å². The van der Waals surface area contributed by atoms with Crippen molar-refractivity contribution in [2.45, 2.75) is 51.5 Å². The first-order valence-electron chi connectivity index (χ1n) is 9.01. The summed E-state index contributed by atoms with van der Waals surface area (Å²) in [7, 11) is 0. The molecule has 0 aliphatic carbocycles. The minimum atomic E-state index is 0.0698. The number of carbonyl (C=O) groups excluding carboxylic acids is 2. The highest BCUT2D eigenvalue weighted by Gasteiger charge is 2.25. The van der Waals surface area contributed by atoms with Crippen LogP contribution in [0.2, 0.25) is 0 Å². The van der Waals surface area contributed by atoms with Gasteiger partial charge in [-0.2, -0.15) is 0 Å². The van der Waals surface area contributed by atoms with Crippen molar-refractivity contribution in [3.8, 4) is 5.75 Å². The molecule has 0 saturated carbocycles. The maximum atomic E-state index is 12.4. The molecule has 1 atom stereocenters. The topological polar surface area (TPSA) is 49.9 Å². The quantitative estimate of drug-likeness (QED) is 0.834. The summed E-state index contributed by atoms with van der Waals surface area (Å²) >= 11 is 0. The molecular formula is C19H26N2O3. The molecule has 1 aromatic rings. The number of hydrogen-bond donors (Lipinski definition) is 0. The van der Waals surface area contributed by atoms with Crippen LogP contribution in [-0.2, 0) is 9.59 Å². The molecule has 1 unspecified atom stereocenters. The summed E-state index contributed by atoms with van der Waals surface area (Å²) in [6.45, 7) is 3.84. The Morgan fingerprint density at radius 1 is 1.17 bits per heavy atom. The van der Waals surface area contributed by atoms with E-state index in [1.807, 2.05) is 29.2 Å². The molecule has 0 N–H and O–H groups in total. The molecule has 2 aliphatic rings. The molecule has 2 fully saturated rings. The zero-order valence-electron chi connectivity index (χ0n) is 14.4. The van der Waals surface area contributed by atoms with Gasteiger partial charge in [-0.15, -0.1) is 0 Å². The van der Waals surface area contributed by atoms with E-state index in [-0.39, 0.29) is 18.4 Å². The summed E-state index contributed by atoms with van der Waals surface area (Å²) in [4.78, 5) is 27.9. The summed E-state index contributed by atoms with van der Waals surface area (Å²) in [6, 6.07) is 7.81. The highest BCUT2D eigenvalue weighted by atomic mass is 16.5. The SMILES string of the molecule is CCC1CCCCN1C(=O)COc1ccc(N2CCCC2=O)cc1. The van der Waals surface area contributed by atoms with E-state index in [1.54, 1.807) is 4.90 Å². The number of rotatable bonds is 5.